The van der Waals surface area contributed by atoms with Crippen molar-refractivity contribution < 1.29 is 4.74 Å². The Hall–Kier alpha value is -2.35. The van der Waals surface area contributed by atoms with E-state index < -0.39 is 0 Å². The summed E-state index contributed by atoms with van der Waals surface area (Å²) in [6.07, 6.45) is 8.31. The molecule has 0 amide bonds. The third-order valence-electron chi connectivity index (χ3n) is 3.69. The normalized spacial score (nSPS) is 13.4. The summed E-state index contributed by atoms with van der Waals surface area (Å²) in [4.78, 5) is 0. The van der Waals surface area contributed by atoms with Gasteiger partial charge in [0, 0.05) is 18.4 Å². The maximum Gasteiger partial charge on any atom is 0.182 e. The zero-order valence-electron chi connectivity index (χ0n) is 13.1. The molecular weight excluding hydrogens is 270 g/mol. The zero-order valence-corrected chi connectivity index (χ0v) is 13.1. The summed E-state index contributed by atoms with van der Waals surface area (Å²) in [5.41, 5.74) is 2.23. The van der Waals surface area contributed by atoms with Crippen LogP contribution >= 0.6 is 0 Å². The van der Waals surface area contributed by atoms with E-state index in [0.717, 1.165) is 29.6 Å². The minimum absolute atomic E-state index is 0.0309. The standard InChI is InChI=1S/C20H23NO/c1-2-3-14-20(16-15-18-10-6-4-7-11-18)21(22)17-19-12-8-5-9-13-19/h2-13,17,20H,14-16H2,1H3/b3-2+,21-17-/t20-/m1/s1. The SMILES string of the molecule is C/C=C/C[C@H](CCc1ccccc1)/[N+]([O-])=C/c1ccccc1. The van der Waals surface area contributed by atoms with Gasteiger partial charge in [-0.05, 0) is 31.0 Å². The largest absolute Gasteiger partial charge is 0.624 e. The van der Waals surface area contributed by atoms with E-state index in [1.54, 1.807) is 6.21 Å². The van der Waals surface area contributed by atoms with Crippen LogP contribution in [0.1, 0.15) is 30.9 Å². The van der Waals surface area contributed by atoms with Crippen LogP contribution in [-0.4, -0.2) is 17.0 Å². The first-order valence-electron chi connectivity index (χ1n) is 7.80. The average Bonchev–Trinajstić information content (AvgIpc) is 2.56. The van der Waals surface area contributed by atoms with Crippen molar-refractivity contribution in [1.82, 2.24) is 0 Å². The number of aryl methyl sites for hydroxylation is 1. The van der Waals surface area contributed by atoms with Gasteiger partial charge >= 0.3 is 0 Å². The molecule has 0 fully saturated rings. The van der Waals surface area contributed by atoms with Crippen molar-refractivity contribution in [2.75, 3.05) is 0 Å². The van der Waals surface area contributed by atoms with Crippen LogP contribution in [0.15, 0.2) is 72.8 Å². The first kappa shape index (κ1) is 16.0. The molecule has 0 N–H and O–H groups in total. The quantitative estimate of drug-likeness (QED) is 0.241. The molecule has 0 bridgehead atoms. The first-order chi connectivity index (χ1) is 10.8. The molecule has 2 aromatic carbocycles. The average molecular weight is 293 g/mol. The highest BCUT2D eigenvalue weighted by Crippen LogP contribution is 2.11. The van der Waals surface area contributed by atoms with Crippen LogP contribution in [0.3, 0.4) is 0 Å². The molecule has 22 heavy (non-hydrogen) atoms. The van der Waals surface area contributed by atoms with E-state index in [9.17, 15) is 5.21 Å². The minimum Gasteiger partial charge on any atom is -0.624 e. The van der Waals surface area contributed by atoms with Gasteiger partial charge in [-0.1, -0.05) is 60.7 Å². The van der Waals surface area contributed by atoms with Crippen LogP contribution in [0.5, 0.6) is 0 Å². The Morgan fingerprint density at radius 3 is 2.27 bits per heavy atom. The molecular formula is C20H23NO. The Balaban J connectivity index is 2.06. The summed E-state index contributed by atoms with van der Waals surface area (Å²) in [5, 5.41) is 12.5. The Bertz CT molecular complexity index is 602. The van der Waals surface area contributed by atoms with Crippen LogP contribution in [0, 0.1) is 5.21 Å². The number of benzene rings is 2. The van der Waals surface area contributed by atoms with Gasteiger partial charge < -0.3 is 5.21 Å². The molecule has 0 aliphatic carbocycles. The number of rotatable bonds is 7. The molecule has 0 aliphatic rings. The summed E-state index contributed by atoms with van der Waals surface area (Å²) in [6, 6.07) is 20.1. The Labute approximate surface area is 133 Å². The van der Waals surface area contributed by atoms with Crippen LogP contribution in [0.2, 0.25) is 0 Å². The number of hydrogen-bond acceptors (Lipinski definition) is 1. The second-order valence-corrected chi connectivity index (χ2v) is 5.38. The molecule has 0 radical (unpaired) electrons. The second-order valence-electron chi connectivity index (χ2n) is 5.38. The van der Waals surface area contributed by atoms with Crippen LogP contribution < -0.4 is 0 Å². The van der Waals surface area contributed by atoms with Gasteiger partial charge in [0.15, 0.2) is 12.3 Å². The molecule has 0 saturated carbocycles. The third kappa shape index (κ3) is 5.21. The van der Waals surface area contributed by atoms with E-state index in [-0.39, 0.29) is 6.04 Å². The molecule has 0 aliphatic heterocycles. The van der Waals surface area contributed by atoms with Crippen molar-refractivity contribution >= 4 is 6.21 Å². The van der Waals surface area contributed by atoms with E-state index >= 15 is 0 Å². The predicted molar refractivity (Wildman–Crippen MR) is 93.2 cm³/mol. The fraction of sp³-hybridized carbons (Fsp3) is 0.250. The molecule has 0 saturated heterocycles. The topological polar surface area (TPSA) is 26.1 Å². The summed E-state index contributed by atoms with van der Waals surface area (Å²) < 4.78 is 1.11. The van der Waals surface area contributed by atoms with E-state index in [4.69, 9.17) is 0 Å². The predicted octanol–water partition coefficient (Wildman–Crippen LogP) is 4.58. The lowest BCUT2D eigenvalue weighted by atomic mass is 10.0. The van der Waals surface area contributed by atoms with Crippen molar-refractivity contribution in [3.63, 3.8) is 0 Å². The lowest BCUT2D eigenvalue weighted by Gasteiger charge is -2.16. The minimum atomic E-state index is -0.0309. The Morgan fingerprint density at radius 1 is 1.00 bits per heavy atom. The maximum atomic E-state index is 12.5. The fourth-order valence-electron chi connectivity index (χ4n) is 2.41. The highest BCUT2D eigenvalue weighted by molar-refractivity contribution is 5.75. The zero-order chi connectivity index (χ0) is 15.6. The molecule has 114 valence electrons. The molecule has 2 rings (SSSR count). The molecule has 0 unspecified atom stereocenters. The number of hydrogen-bond donors (Lipinski definition) is 0. The molecule has 0 heterocycles. The van der Waals surface area contributed by atoms with Gasteiger partial charge in [-0.3, -0.25) is 0 Å². The first-order valence-corrected chi connectivity index (χ1v) is 7.80. The molecule has 0 aromatic heterocycles. The molecule has 2 heteroatoms. The van der Waals surface area contributed by atoms with Crippen molar-refractivity contribution in [2.24, 2.45) is 0 Å². The van der Waals surface area contributed by atoms with Crippen LogP contribution in [-0.2, 0) is 6.42 Å². The van der Waals surface area contributed by atoms with Crippen molar-refractivity contribution in [3.8, 4) is 0 Å². The van der Waals surface area contributed by atoms with Gasteiger partial charge in [-0.25, -0.2) is 4.74 Å². The molecule has 2 nitrogen and oxygen atoms in total. The molecule has 0 spiro atoms. The van der Waals surface area contributed by atoms with Crippen LogP contribution in [0.25, 0.3) is 0 Å². The number of hydroxylamine groups is 1. The van der Waals surface area contributed by atoms with E-state index in [1.807, 2.05) is 61.5 Å². The summed E-state index contributed by atoms with van der Waals surface area (Å²) in [5.74, 6) is 0. The van der Waals surface area contributed by atoms with Crippen molar-refractivity contribution in [2.45, 2.75) is 32.2 Å². The summed E-state index contributed by atoms with van der Waals surface area (Å²) in [6.45, 7) is 1.99. The van der Waals surface area contributed by atoms with Crippen molar-refractivity contribution in [3.05, 3.63) is 89.1 Å². The van der Waals surface area contributed by atoms with Crippen LogP contribution in [0.4, 0.5) is 0 Å². The van der Waals surface area contributed by atoms with Gasteiger partial charge in [0.05, 0.1) is 0 Å². The lowest BCUT2D eigenvalue weighted by Crippen LogP contribution is -2.23. The van der Waals surface area contributed by atoms with Gasteiger partial charge in [0.2, 0.25) is 0 Å². The second kappa shape index (κ2) is 8.83. The molecule has 2 aromatic rings. The summed E-state index contributed by atoms with van der Waals surface area (Å²) in [7, 11) is 0. The smallest absolute Gasteiger partial charge is 0.182 e. The van der Waals surface area contributed by atoms with Gasteiger partial charge in [0.1, 0.15) is 0 Å². The molecule has 1 atom stereocenters. The fourth-order valence-corrected chi connectivity index (χ4v) is 2.41. The van der Waals surface area contributed by atoms with Gasteiger partial charge in [-0.2, -0.15) is 0 Å². The Morgan fingerprint density at radius 2 is 1.64 bits per heavy atom. The number of allylic oxidation sites excluding steroid dienone is 1. The van der Waals surface area contributed by atoms with Gasteiger partial charge in [-0.15, -0.1) is 0 Å². The lowest BCUT2D eigenvalue weighted by molar-refractivity contribution is -0.496. The van der Waals surface area contributed by atoms with E-state index in [2.05, 4.69) is 18.2 Å². The van der Waals surface area contributed by atoms with E-state index in [1.165, 1.54) is 5.56 Å². The third-order valence-corrected chi connectivity index (χ3v) is 3.69. The highest BCUT2D eigenvalue weighted by atomic mass is 16.5. The highest BCUT2D eigenvalue weighted by Gasteiger charge is 2.14. The number of nitrogens with zero attached hydrogens (tertiary/aromatic N) is 1. The Kier molecular flexibility index (Phi) is 6.43. The maximum absolute atomic E-state index is 12.5. The van der Waals surface area contributed by atoms with Crippen molar-refractivity contribution in [1.29, 1.82) is 0 Å². The monoisotopic (exact) mass is 293 g/mol. The van der Waals surface area contributed by atoms with E-state index in [0.29, 0.717) is 0 Å². The summed E-state index contributed by atoms with van der Waals surface area (Å²) >= 11 is 0. The van der Waals surface area contributed by atoms with Gasteiger partial charge in [0.25, 0.3) is 0 Å².